The summed E-state index contributed by atoms with van der Waals surface area (Å²) in [4.78, 5) is 52.8. The molecule has 0 saturated carbocycles. The lowest BCUT2D eigenvalue weighted by molar-refractivity contribution is 1.03. The molecule has 0 bridgehead atoms. The maximum Gasteiger partial charge on any atom is 0.119 e. The van der Waals surface area contributed by atoms with E-state index in [1.54, 1.807) is 111 Å². The Labute approximate surface area is 659 Å². The van der Waals surface area contributed by atoms with Crippen LogP contribution in [-0.2, 0) is 0 Å². The molecule has 11 heterocycles. The number of pyridine rings is 7. The molecule has 0 fully saturated rings. The first-order valence-electron chi connectivity index (χ1n) is 37.7. The number of aryl methyl sites for hydroxylation is 3. The number of nitrogens with zero attached hydrogens (tertiary/aromatic N) is 16. The normalized spacial score (nSPS) is 7.59. The minimum atomic E-state index is 1.06. The van der Waals surface area contributed by atoms with Gasteiger partial charge >= 0.3 is 0 Å². The molecule has 16 heteroatoms. The molecule has 109 heavy (non-hydrogen) atoms. The number of fused-ring (bicyclic) bond motifs is 2. The summed E-state index contributed by atoms with van der Waals surface area (Å²) in [5, 5.41) is 10.7. The molecule has 15 aromatic rings. The highest BCUT2D eigenvalue weighted by Gasteiger charge is 1.88. The van der Waals surface area contributed by atoms with E-state index in [1.165, 1.54) is 52.6 Å². The smallest absolute Gasteiger partial charge is 0.119 e. The van der Waals surface area contributed by atoms with Crippen LogP contribution in [0.3, 0.4) is 0 Å². The predicted octanol–water partition coefficient (Wildman–Crippen LogP) is 25.7. The fourth-order valence-electron chi connectivity index (χ4n) is 5.78. The third-order valence-electron chi connectivity index (χ3n) is 9.86. The molecule has 0 spiro atoms. The van der Waals surface area contributed by atoms with E-state index < -0.39 is 0 Å². The number of para-hydroxylation sites is 1. The van der Waals surface area contributed by atoms with E-state index in [-0.39, 0.29) is 0 Å². The van der Waals surface area contributed by atoms with Crippen molar-refractivity contribution in [2.45, 2.75) is 159 Å². The van der Waals surface area contributed by atoms with Gasteiger partial charge in [0, 0.05) is 135 Å². The molecular weight excluding hydrogens is 1340 g/mol. The summed E-state index contributed by atoms with van der Waals surface area (Å²) >= 11 is 0. The standard InChI is InChI=1S/2C9H7N.2C7H8.C6H7N.4C5H5N.3C4H4N2.C3H3N3.10C2H6/c1-2-6-9-8(4-1)5-3-7-10-9;1-2-4-9-7-10-6-5-8(9)3-1;2*1-7-5-3-2-4-6-7;1-6-4-2-3-5-7-6;4*1-2-4-6-5-3-1;1-2-6-4-3-5-1;1-2-5-4-6-3-1;1-2-4-6-5-3-1;1-4-2-6-3-5-1;10*1-2/h2*1-7H;2*2-6H,1H3;2-5H,1H3;4*1-5H;3*1-4H;1-3H;10*1-2H3. The number of rotatable bonds is 0. The summed E-state index contributed by atoms with van der Waals surface area (Å²) in [6.07, 6.45) is 40.3. The van der Waals surface area contributed by atoms with E-state index in [0.29, 0.717) is 0 Å². The van der Waals surface area contributed by atoms with Crippen LogP contribution in [-0.4, -0.2) is 80.0 Å². The van der Waals surface area contributed by atoms with E-state index in [9.17, 15) is 0 Å². The Hall–Kier alpha value is -12.3. The second kappa shape index (κ2) is 112. The Morgan fingerprint density at radius 1 is 0.165 bits per heavy atom. The van der Waals surface area contributed by atoms with Crippen molar-refractivity contribution in [1.29, 1.82) is 0 Å². The van der Waals surface area contributed by atoms with Crippen LogP contribution in [0.25, 0.3) is 21.7 Å². The molecular formula is C93H132N16. The lowest BCUT2D eigenvalue weighted by atomic mass is 10.2. The highest BCUT2D eigenvalue weighted by molar-refractivity contribution is 5.81. The molecule has 0 amide bonds. The van der Waals surface area contributed by atoms with Gasteiger partial charge in [-0.25, -0.2) is 24.9 Å². The van der Waals surface area contributed by atoms with E-state index in [1.807, 2.05) is 346 Å². The molecule has 584 valence electrons. The fraction of sp³-hybridized carbons (Fsp3) is 0.247. The van der Waals surface area contributed by atoms with Gasteiger partial charge in [-0.3, -0.25) is 44.9 Å². The minimum absolute atomic E-state index is 1.06. The summed E-state index contributed by atoms with van der Waals surface area (Å²) in [6, 6.07) is 77.0. The molecule has 0 radical (unpaired) electrons. The van der Waals surface area contributed by atoms with Crippen molar-refractivity contribution in [1.82, 2.24) is 80.0 Å². The van der Waals surface area contributed by atoms with E-state index in [4.69, 9.17) is 0 Å². The zero-order chi connectivity index (χ0) is 82.9. The monoisotopic (exact) mass is 1470 g/mol. The second-order valence-corrected chi connectivity index (χ2v) is 16.8. The Kier molecular flexibility index (Phi) is 115. The summed E-state index contributed by atoms with van der Waals surface area (Å²) in [5.41, 5.74) is 4.78. The van der Waals surface area contributed by atoms with Crippen molar-refractivity contribution in [3.63, 3.8) is 0 Å². The molecule has 11 aromatic heterocycles. The van der Waals surface area contributed by atoms with Crippen molar-refractivity contribution >= 4 is 21.7 Å². The Morgan fingerprint density at radius 3 is 0.670 bits per heavy atom. The summed E-state index contributed by atoms with van der Waals surface area (Å²) in [7, 11) is 0. The highest BCUT2D eigenvalue weighted by atomic mass is 15.1. The first-order chi connectivity index (χ1) is 54.1. The molecule has 0 aliphatic rings. The molecule has 0 atom stereocenters. The first-order valence-corrected chi connectivity index (χ1v) is 37.7. The first kappa shape index (κ1) is 113. The molecule has 16 nitrogen and oxygen atoms in total. The number of hydrogen-bond acceptors (Lipinski definition) is 16. The van der Waals surface area contributed by atoms with Crippen LogP contribution < -0.4 is 0 Å². The van der Waals surface area contributed by atoms with Gasteiger partial charge in [-0.1, -0.05) is 289 Å². The van der Waals surface area contributed by atoms with Crippen LogP contribution in [0.4, 0.5) is 0 Å². The highest BCUT2D eigenvalue weighted by Crippen LogP contribution is 2.10. The molecule has 0 aliphatic carbocycles. The van der Waals surface area contributed by atoms with Gasteiger partial charge in [-0.05, 0) is 129 Å². The van der Waals surface area contributed by atoms with Crippen LogP contribution in [0, 0.1) is 20.8 Å². The average molecular weight is 1470 g/mol. The Bertz CT molecular complexity index is 2870. The summed E-state index contributed by atoms with van der Waals surface area (Å²) in [5.74, 6) is 0. The number of benzene rings is 4. The molecule has 0 unspecified atom stereocenters. The quantitative estimate of drug-likeness (QED) is 0.138. The van der Waals surface area contributed by atoms with Crippen LogP contribution in [0.1, 0.15) is 155 Å². The topological polar surface area (TPSA) is 206 Å². The lowest BCUT2D eigenvalue weighted by Gasteiger charge is -1.91. The second-order valence-electron chi connectivity index (χ2n) is 16.8. The van der Waals surface area contributed by atoms with Gasteiger partial charge in [0.1, 0.15) is 25.3 Å². The average Bonchev–Trinajstić information content (AvgIpc) is 0.880. The van der Waals surface area contributed by atoms with Crippen molar-refractivity contribution < 1.29 is 0 Å². The fourth-order valence-corrected chi connectivity index (χ4v) is 5.78. The van der Waals surface area contributed by atoms with Crippen molar-refractivity contribution in [2.24, 2.45) is 0 Å². The van der Waals surface area contributed by atoms with Crippen molar-refractivity contribution in [3.05, 3.63) is 403 Å². The van der Waals surface area contributed by atoms with Gasteiger partial charge in [0.05, 0.1) is 5.52 Å². The number of aromatic nitrogens is 16. The van der Waals surface area contributed by atoms with Crippen molar-refractivity contribution in [3.8, 4) is 0 Å². The van der Waals surface area contributed by atoms with Crippen LogP contribution in [0.2, 0.25) is 0 Å². The predicted molar refractivity (Wildman–Crippen MR) is 471 cm³/mol. The maximum absolute atomic E-state index is 4.18. The summed E-state index contributed by atoms with van der Waals surface area (Å²) in [6.45, 7) is 46.1. The van der Waals surface area contributed by atoms with Gasteiger partial charge in [0.2, 0.25) is 0 Å². The third kappa shape index (κ3) is 91.7. The molecule has 0 saturated heterocycles. The molecule has 15 rings (SSSR count). The zero-order valence-corrected chi connectivity index (χ0v) is 70.0. The Morgan fingerprint density at radius 2 is 0.440 bits per heavy atom. The van der Waals surface area contributed by atoms with Crippen LogP contribution >= 0.6 is 0 Å². The Balaban J connectivity index is -0.000000166. The van der Waals surface area contributed by atoms with E-state index in [2.05, 4.69) is 142 Å². The van der Waals surface area contributed by atoms with Gasteiger partial charge in [0.15, 0.2) is 0 Å². The van der Waals surface area contributed by atoms with Crippen LogP contribution in [0.15, 0.2) is 386 Å². The maximum atomic E-state index is 4.18. The zero-order valence-electron chi connectivity index (χ0n) is 70.0. The van der Waals surface area contributed by atoms with Gasteiger partial charge in [-0.15, -0.1) is 0 Å². The molecule has 0 N–H and O–H groups in total. The van der Waals surface area contributed by atoms with Gasteiger partial charge in [0.25, 0.3) is 0 Å². The van der Waals surface area contributed by atoms with Crippen LogP contribution in [0.5, 0.6) is 0 Å². The number of hydrogen-bond donors (Lipinski definition) is 0. The SMILES string of the molecule is CC.CC.CC.CC.CC.CC.CC.CC.CC.CC.Cc1ccccc1.Cc1ccccc1.Cc1ccccn1.c1ccc2cnccc2c1.c1ccc2ncccc2c1.c1ccncc1.c1ccncc1.c1ccncc1.c1ccncc1.c1ccnnc1.c1cnccn1.c1cncnc1.c1ncncn1. The largest absolute Gasteiger partial charge is 0.265 e. The van der Waals surface area contributed by atoms with Crippen molar-refractivity contribution in [2.75, 3.05) is 0 Å². The van der Waals surface area contributed by atoms with E-state index >= 15 is 0 Å². The third-order valence-corrected chi connectivity index (χ3v) is 9.86. The summed E-state index contributed by atoms with van der Waals surface area (Å²) < 4.78 is 0. The van der Waals surface area contributed by atoms with E-state index in [0.717, 1.165) is 11.2 Å². The molecule has 0 aliphatic heterocycles. The van der Waals surface area contributed by atoms with Gasteiger partial charge < -0.3 is 0 Å². The lowest BCUT2D eigenvalue weighted by Crippen LogP contribution is -1.73. The van der Waals surface area contributed by atoms with Gasteiger partial charge in [-0.2, -0.15) is 10.2 Å². The minimum Gasteiger partial charge on any atom is -0.265 e. The molecule has 4 aromatic carbocycles.